The minimum Gasteiger partial charge on any atom is -0.508 e. The van der Waals surface area contributed by atoms with Crippen LogP contribution in [0.25, 0.3) is 11.2 Å². The highest BCUT2D eigenvalue weighted by atomic mass is 16.3. The summed E-state index contributed by atoms with van der Waals surface area (Å²) >= 11 is 0. The molecule has 0 bridgehead atoms. The Morgan fingerprint density at radius 2 is 1.91 bits per heavy atom. The van der Waals surface area contributed by atoms with Crippen molar-refractivity contribution < 1.29 is 5.11 Å². The zero-order valence-electron chi connectivity index (χ0n) is 10.9. The number of aromatic hydroxyl groups is 1. The highest BCUT2D eigenvalue weighted by Crippen LogP contribution is 2.08. The number of aromatic nitrogens is 5. The molecule has 3 aromatic rings. The van der Waals surface area contributed by atoms with Gasteiger partial charge in [-0.3, -0.25) is 14.8 Å². The third-order valence-corrected chi connectivity index (χ3v) is 2.63. The highest BCUT2D eigenvalue weighted by Gasteiger charge is 2.05. The highest BCUT2D eigenvalue weighted by molar-refractivity contribution is 5.80. The van der Waals surface area contributed by atoms with Gasteiger partial charge in [-0.2, -0.15) is 10.1 Å². The molecule has 0 fully saturated rings. The molecule has 0 aliphatic carbocycles. The molecule has 0 spiro atoms. The van der Waals surface area contributed by atoms with Crippen molar-refractivity contribution in [2.24, 2.45) is 5.10 Å². The number of aromatic amines is 2. The van der Waals surface area contributed by atoms with E-state index in [4.69, 9.17) is 5.11 Å². The second kappa shape index (κ2) is 5.44. The number of benzene rings is 1. The van der Waals surface area contributed by atoms with Crippen LogP contribution in [0.3, 0.4) is 0 Å². The van der Waals surface area contributed by atoms with Crippen molar-refractivity contribution in [2.75, 3.05) is 5.43 Å². The Bertz CT molecular complexity index is 959. The van der Waals surface area contributed by atoms with Crippen LogP contribution >= 0.6 is 0 Å². The molecule has 2 heterocycles. The summed E-state index contributed by atoms with van der Waals surface area (Å²) in [6.45, 7) is 0. The number of hydrogen-bond donors (Lipinski definition) is 4. The van der Waals surface area contributed by atoms with E-state index in [1.54, 1.807) is 12.1 Å². The summed E-state index contributed by atoms with van der Waals surface area (Å²) in [7, 11) is 0. The topological polar surface area (TPSA) is 149 Å². The zero-order chi connectivity index (χ0) is 15.5. The lowest BCUT2D eigenvalue weighted by molar-refractivity contribution is 0.475. The number of phenols is 1. The second-order valence-corrected chi connectivity index (χ2v) is 4.20. The Kier molecular flexibility index (Phi) is 3.32. The van der Waals surface area contributed by atoms with Crippen molar-refractivity contribution in [1.29, 1.82) is 0 Å². The van der Waals surface area contributed by atoms with Crippen LogP contribution in [0.2, 0.25) is 0 Å². The van der Waals surface area contributed by atoms with Gasteiger partial charge in [-0.05, 0) is 29.8 Å². The summed E-state index contributed by atoms with van der Waals surface area (Å²) < 4.78 is 0. The van der Waals surface area contributed by atoms with Gasteiger partial charge in [0.25, 0.3) is 11.5 Å². The lowest BCUT2D eigenvalue weighted by Gasteiger charge is -1.99. The first-order chi connectivity index (χ1) is 10.6. The molecule has 1 aromatic carbocycles. The van der Waals surface area contributed by atoms with E-state index in [1.807, 2.05) is 4.98 Å². The molecule has 0 aliphatic rings. The van der Waals surface area contributed by atoms with Crippen molar-refractivity contribution in [3.63, 3.8) is 0 Å². The van der Waals surface area contributed by atoms with Crippen LogP contribution in [-0.2, 0) is 0 Å². The molecule has 3 rings (SSSR count). The first-order valence-corrected chi connectivity index (χ1v) is 6.07. The molecule has 0 aliphatic heterocycles. The largest absolute Gasteiger partial charge is 0.508 e. The molecule has 0 amide bonds. The van der Waals surface area contributed by atoms with E-state index in [0.717, 1.165) is 5.56 Å². The summed E-state index contributed by atoms with van der Waals surface area (Å²) in [5.41, 5.74) is 1.84. The number of hydrogen-bond acceptors (Lipinski definition) is 8. The monoisotopic (exact) mass is 299 g/mol. The summed E-state index contributed by atoms with van der Waals surface area (Å²) in [5, 5.41) is 20.4. The Labute approximate surface area is 121 Å². The Morgan fingerprint density at radius 3 is 2.68 bits per heavy atom. The maximum atomic E-state index is 11.4. The van der Waals surface area contributed by atoms with Gasteiger partial charge in [0, 0.05) is 0 Å². The number of rotatable bonds is 3. The lowest BCUT2D eigenvalue weighted by atomic mass is 10.2. The molecule has 10 heteroatoms. The molecule has 0 saturated heterocycles. The van der Waals surface area contributed by atoms with Crippen LogP contribution in [0.4, 0.5) is 5.95 Å². The Morgan fingerprint density at radius 1 is 1.14 bits per heavy atom. The van der Waals surface area contributed by atoms with Crippen LogP contribution in [-0.4, -0.2) is 36.5 Å². The van der Waals surface area contributed by atoms with Gasteiger partial charge in [-0.1, -0.05) is 0 Å². The predicted octanol–water partition coefficient (Wildman–Crippen LogP) is -0.447. The zero-order valence-corrected chi connectivity index (χ0v) is 10.9. The van der Waals surface area contributed by atoms with Crippen molar-refractivity contribution >= 4 is 23.3 Å². The fourth-order valence-electron chi connectivity index (χ4n) is 1.64. The number of fused-ring (bicyclic) bond motifs is 1. The van der Waals surface area contributed by atoms with Crippen molar-refractivity contribution in [3.8, 4) is 5.75 Å². The fraction of sp³-hybridized carbons (Fsp3) is 0. The molecule has 0 saturated carbocycles. The quantitative estimate of drug-likeness (QED) is 0.378. The molecule has 0 radical (unpaired) electrons. The smallest absolute Gasteiger partial charge is 0.327 e. The van der Waals surface area contributed by atoms with E-state index in [0.29, 0.717) is 0 Å². The predicted molar refractivity (Wildman–Crippen MR) is 77.9 cm³/mol. The van der Waals surface area contributed by atoms with Crippen LogP contribution in [0, 0.1) is 0 Å². The minimum atomic E-state index is -0.684. The van der Waals surface area contributed by atoms with E-state index in [-0.39, 0.29) is 22.9 Å². The van der Waals surface area contributed by atoms with Gasteiger partial charge < -0.3 is 5.11 Å². The van der Waals surface area contributed by atoms with Crippen LogP contribution in [0.15, 0.2) is 39.0 Å². The van der Waals surface area contributed by atoms with E-state index in [9.17, 15) is 9.59 Å². The van der Waals surface area contributed by atoms with Gasteiger partial charge >= 0.3 is 5.69 Å². The minimum absolute atomic E-state index is 0.00563. The van der Waals surface area contributed by atoms with Gasteiger partial charge in [0.1, 0.15) is 5.75 Å². The SMILES string of the molecule is O=c1[nH]c(=O)c2nnc(N/N=C/c3ccc(O)cc3)nc2[nH]1. The Balaban J connectivity index is 1.83. The summed E-state index contributed by atoms with van der Waals surface area (Å²) in [5.74, 6) is 0.171. The first kappa shape index (κ1) is 13.4. The molecule has 22 heavy (non-hydrogen) atoms. The van der Waals surface area contributed by atoms with Crippen LogP contribution < -0.4 is 16.7 Å². The average Bonchev–Trinajstić information content (AvgIpc) is 2.49. The number of phenolic OH excluding ortho intramolecular Hbond substituents is 1. The first-order valence-electron chi connectivity index (χ1n) is 6.07. The van der Waals surface area contributed by atoms with Crippen LogP contribution in [0.5, 0.6) is 5.75 Å². The number of hydrazone groups is 1. The van der Waals surface area contributed by atoms with E-state index < -0.39 is 11.2 Å². The van der Waals surface area contributed by atoms with Crippen LogP contribution in [0.1, 0.15) is 5.56 Å². The third-order valence-electron chi connectivity index (χ3n) is 2.63. The third kappa shape index (κ3) is 2.80. The summed E-state index contributed by atoms with van der Waals surface area (Å²) in [6, 6.07) is 6.37. The van der Waals surface area contributed by atoms with Gasteiger partial charge in [0.05, 0.1) is 6.21 Å². The van der Waals surface area contributed by atoms with Gasteiger partial charge in [0.15, 0.2) is 11.2 Å². The normalized spacial score (nSPS) is 11.1. The molecule has 2 aromatic heterocycles. The second-order valence-electron chi connectivity index (χ2n) is 4.20. The number of nitrogens with one attached hydrogen (secondary N) is 3. The van der Waals surface area contributed by atoms with Gasteiger partial charge in [0.2, 0.25) is 0 Å². The standard InChI is InChI=1S/C12H9N7O3/c20-7-3-1-6(2-4-7)5-13-18-11-14-9-8(17-19-11)10(21)16-12(22)15-9/h1-5,20H,(H3,14,15,16,18,19,21,22)/b13-5+. The van der Waals surface area contributed by atoms with E-state index in [1.165, 1.54) is 18.3 Å². The molecule has 110 valence electrons. The summed E-state index contributed by atoms with van der Waals surface area (Å²) in [4.78, 5) is 30.9. The van der Waals surface area contributed by atoms with Crippen molar-refractivity contribution in [3.05, 3.63) is 50.7 Å². The van der Waals surface area contributed by atoms with E-state index >= 15 is 0 Å². The molecule has 4 N–H and O–H groups in total. The van der Waals surface area contributed by atoms with Crippen molar-refractivity contribution in [2.45, 2.75) is 0 Å². The number of anilines is 1. The summed E-state index contributed by atoms with van der Waals surface area (Å²) in [6.07, 6.45) is 1.48. The van der Waals surface area contributed by atoms with Crippen molar-refractivity contribution in [1.82, 2.24) is 25.1 Å². The molecule has 10 nitrogen and oxygen atoms in total. The number of H-pyrrole nitrogens is 2. The lowest BCUT2D eigenvalue weighted by Crippen LogP contribution is -2.23. The maximum absolute atomic E-state index is 11.4. The molecule has 0 atom stereocenters. The van der Waals surface area contributed by atoms with E-state index in [2.05, 4.69) is 30.7 Å². The number of nitrogens with zero attached hydrogens (tertiary/aromatic N) is 4. The van der Waals surface area contributed by atoms with Gasteiger partial charge in [-0.25, -0.2) is 10.2 Å². The average molecular weight is 299 g/mol. The van der Waals surface area contributed by atoms with Gasteiger partial charge in [-0.15, -0.1) is 10.2 Å². The fourth-order valence-corrected chi connectivity index (χ4v) is 1.64. The maximum Gasteiger partial charge on any atom is 0.327 e. The molecule has 0 unspecified atom stereocenters. The molecular formula is C12H9N7O3. The Hall–Kier alpha value is -3.56. The molecular weight excluding hydrogens is 290 g/mol.